The molecule has 6 nitrogen and oxygen atoms in total. The molecule has 28 heavy (non-hydrogen) atoms. The Balaban J connectivity index is 0.00000280. The average molecular weight is 510 g/mol. The Kier molecular flexibility index (Phi) is 9.42. The Labute approximate surface area is 187 Å². The number of nitrogens with one attached hydrogen (secondary N) is 3. The highest BCUT2D eigenvalue weighted by atomic mass is 127. The summed E-state index contributed by atoms with van der Waals surface area (Å²) in [4.78, 5) is 10.4. The second kappa shape index (κ2) is 11.8. The summed E-state index contributed by atoms with van der Waals surface area (Å²) < 4.78 is 0. The SMILES string of the molecule is CCNC(=NCc1cccc(-c2ncn[nH]2)c1)NCC(C)Cc1cccs1.I. The minimum absolute atomic E-state index is 0. The summed E-state index contributed by atoms with van der Waals surface area (Å²) >= 11 is 1.82. The minimum Gasteiger partial charge on any atom is -0.357 e. The van der Waals surface area contributed by atoms with Gasteiger partial charge in [-0.2, -0.15) is 5.10 Å². The first kappa shape index (κ1) is 22.4. The lowest BCUT2D eigenvalue weighted by Crippen LogP contribution is -2.39. The van der Waals surface area contributed by atoms with Crippen LogP contribution in [0.25, 0.3) is 11.4 Å². The van der Waals surface area contributed by atoms with Crippen molar-refractivity contribution in [3.63, 3.8) is 0 Å². The number of aliphatic imine (C=N–C) groups is 1. The molecule has 0 saturated carbocycles. The van der Waals surface area contributed by atoms with Crippen molar-refractivity contribution in [1.82, 2.24) is 25.8 Å². The fourth-order valence-corrected chi connectivity index (χ4v) is 3.66. The van der Waals surface area contributed by atoms with Crippen LogP contribution >= 0.6 is 35.3 Å². The molecular weight excluding hydrogens is 483 g/mol. The van der Waals surface area contributed by atoms with Crippen molar-refractivity contribution in [2.45, 2.75) is 26.8 Å². The van der Waals surface area contributed by atoms with Gasteiger partial charge in [0.05, 0.1) is 6.54 Å². The molecule has 2 aromatic heterocycles. The van der Waals surface area contributed by atoms with E-state index in [4.69, 9.17) is 4.99 Å². The van der Waals surface area contributed by atoms with Gasteiger partial charge < -0.3 is 10.6 Å². The molecule has 0 radical (unpaired) electrons. The van der Waals surface area contributed by atoms with Crippen molar-refractivity contribution in [2.75, 3.05) is 13.1 Å². The van der Waals surface area contributed by atoms with E-state index in [1.807, 2.05) is 23.5 Å². The Bertz CT molecular complexity index is 832. The van der Waals surface area contributed by atoms with Gasteiger partial charge in [0.1, 0.15) is 6.33 Å². The summed E-state index contributed by atoms with van der Waals surface area (Å²) in [5.41, 5.74) is 2.15. The molecule has 2 heterocycles. The van der Waals surface area contributed by atoms with Crippen molar-refractivity contribution in [2.24, 2.45) is 10.9 Å². The molecule has 0 amide bonds. The van der Waals surface area contributed by atoms with Gasteiger partial charge in [-0.25, -0.2) is 9.98 Å². The van der Waals surface area contributed by atoms with Gasteiger partial charge in [0, 0.05) is 23.5 Å². The van der Waals surface area contributed by atoms with Crippen LogP contribution in [-0.2, 0) is 13.0 Å². The van der Waals surface area contributed by atoms with Crippen molar-refractivity contribution >= 4 is 41.3 Å². The van der Waals surface area contributed by atoms with E-state index in [1.165, 1.54) is 11.2 Å². The lowest BCUT2D eigenvalue weighted by molar-refractivity contribution is 0.562. The molecule has 3 aromatic rings. The molecule has 0 aliphatic heterocycles. The highest BCUT2D eigenvalue weighted by molar-refractivity contribution is 14.0. The summed E-state index contributed by atoms with van der Waals surface area (Å²) in [5.74, 6) is 2.16. The van der Waals surface area contributed by atoms with Crippen LogP contribution in [0.2, 0.25) is 0 Å². The maximum atomic E-state index is 4.73. The molecule has 1 aromatic carbocycles. The van der Waals surface area contributed by atoms with E-state index < -0.39 is 0 Å². The average Bonchev–Trinajstić information content (AvgIpc) is 3.38. The number of nitrogens with zero attached hydrogens (tertiary/aromatic N) is 3. The standard InChI is InChI=1S/C20H26N6S.HI/c1-3-21-20(22-12-15(2)10-18-8-5-9-27-18)23-13-16-6-4-7-17(11-16)19-24-14-25-26-19;/h4-9,11,14-15H,3,10,12-13H2,1-2H3,(H2,21,22,23)(H,24,25,26);1H. The topological polar surface area (TPSA) is 78.0 Å². The van der Waals surface area contributed by atoms with E-state index in [2.05, 4.69) is 69.3 Å². The number of H-pyrrole nitrogens is 1. The second-order valence-corrected chi connectivity index (χ2v) is 7.53. The maximum absolute atomic E-state index is 4.73. The number of hydrogen-bond acceptors (Lipinski definition) is 4. The highest BCUT2D eigenvalue weighted by Gasteiger charge is 2.07. The van der Waals surface area contributed by atoms with Gasteiger partial charge in [0.2, 0.25) is 0 Å². The predicted octanol–water partition coefficient (Wildman–Crippen LogP) is 4.09. The number of hydrogen-bond donors (Lipinski definition) is 3. The van der Waals surface area contributed by atoms with Gasteiger partial charge in [0.15, 0.2) is 11.8 Å². The summed E-state index contributed by atoms with van der Waals surface area (Å²) in [6.07, 6.45) is 2.61. The van der Waals surface area contributed by atoms with E-state index in [0.717, 1.165) is 42.4 Å². The fourth-order valence-electron chi connectivity index (χ4n) is 2.79. The van der Waals surface area contributed by atoms with Gasteiger partial charge in [0.25, 0.3) is 0 Å². The van der Waals surface area contributed by atoms with Crippen LogP contribution in [0.5, 0.6) is 0 Å². The van der Waals surface area contributed by atoms with Gasteiger partial charge >= 0.3 is 0 Å². The molecule has 0 saturated heterocycles. The molecule has 0 fully saturated rings. The lowest BCUT2D eigenvalue weighted by Gasteiger charge is -2.15. The fraction of sp³-hybridized carbons (Fsp3) is 0.350. The first-order valence-corrected chi connectivity index (χ1v) is 10.1. The smallest absolute Gasteiger partial charge is 0.191 e. The van der Waals surface area contributed by atoms with Crippen LogP contribution in [0, 0.1) is 5.92 Å². The number of aromatic nitrogens is 3. The predicted molar refractivity (Wildman–Crippen MR) is 127 cm³/mol. The van der Waals surface area contributed by atoms with E-state index in [-0.39, 0.29) is 24.0 Å². The molecule has 0 aliphatic carbocycles. The zero-order chi connectivity index (χ0) is 18.9. The summed E-state index contributed by atoms with van der Waals surface area (Å²) in [6, 6.07) is 12.5. The van der Waals surface area contributed by atoms with Crippen LogP contribution in [0.3, 0.4) is 0 Å². The van der Waals surface area contributed by atoms with Gasteiger partial charge in [-0.15, -0.1) is 35.3 Å². The molecule has 0 aliphatic rings. The molecule has 1 atom stereocenters. The maximum Gasteiger partial charge on any atom is 0.191 e. The number of guanidine groups is 1. The summed E-state index contributed by atoms with van der Waals surface area (Å²) in [6.45, 7) is 6.68. The first-order chi connectivity index (χ1) is 13.2. The number of benzene rings is 1. The third-order valence-corrected chi connectivity index (χ3v) is 5.03. The first-order valence-electron chi connectivity index (χ1n) is 9.24. The Morgan fingerprint density at radius 1 is 1.25 bits per heavy atom. The van der Waals surface area contributed by atoms with E-state index in [0.29, 0.717) is 12.5 Å². The normalized spacial score (nSPS) is 12.3. The monoisotopic (exact) mass is 510 g/mol. The van der Waals surface area contributed by atoms with Gasteiger partial charge in [-0.3, -0.25) is 5.10 Å². The zero-order valence-corrected chi connectivity index (χ0v) is 19.3. The van der Waals surface area contributed by atoms with Gasteiger partial charge in [-0.05, 0) is 42.3 Å². The number of thiophene rings is 1. The van der Waals surface area contributed by atoms with Crippen molar-refractivity contribution in [3.05, 3.63) is 58.5 Å². The second-order valence-electron chi connectivity index (χ2n) is 6.50. The quantitative estimate of drug-likeness (QED) is 0.243. The summed E-state index contributed by atoms with van der Waals surface area (Å²) in [5, 5.41) is 15.7. The van der Waals surface area contributed by atoms with Crippen molar-refractivity contribution in [1.29, 1.82) is 0 Å². The van der Waals surface area contributed by atoms with Crippen LogP contribution < -0.4 is 10.6 Å². The zero-order valence-electron chi connectivity index (χ0n) is 16.2. The molecule has 8 heteroatoms. The molecule has 3 N–H and O–H groups in total. The Hall–Kier alpha value is -1.94. The molecule has 0 spiro atoms. The van der Waals surface area contributed by atoms with Crippen LogP contribution in [-0.4, -0.2) is 34.2 Å². The van der Waals surface area contributed by atoms with Crippen molar-refractivity contribution < 1.29 is 0 Å². The van der Waals surface area contributed by atoms with Crippen LogP contribution in [0.4, 0.5) is 0 Å². The Morgan fingerprint density at radius 3 is 2.86 bits per heavy atom. The molecular formula is C20H27IN6S. The molecule has 1 unspecified atom stereocenters. The third-order valence-electron chi connectivity index (χ3n) is 4.13. The van der Waals surface area contributed by atoms with E-state index in [1.54, 1.807) is 0 Å². The van der Waals surface area contributed by atoms with Crippen LogP contribution in [0.15, 0.2) is 53.1 Å². The molecule has 3 rings (SSSR count). The number of halogens is 1. The number of aromatic amines is 1. The van der Waals surface area contributed by atoms with E-state index >= 15 is 0 Å². The number of rotatable bonds is 8. The van der Waals surface area contributed by atoms with Gasteiger partial charge in [-0.1, -0.05) is 31.2 Å². The molecule has 0 bridgehead atoms. The molecule has 150 valence electrons. The lowest BCUT2D eigenvalue weighted by atomic mass is 10.1. The summed E-state index contributed by atoms with van der Waals surface area (Å²) in [7, 11) is 0. The largest absolute Gasteiger partial charge is 0.357 e. The van der Waals surface area contributed by atoms with E-state index in [9.17, 15) is 0 Å². The van der Waals surface area contributed by atoms with Crippen LogP contribution in [0.1, 0.15) is 24.3 Å². The highest BCUT2D eigenvalue weighted by Crippen LogP contribution is 2.16. The minimum atomic E-state index is 0. The third kappa shape index (κ3) is 6.90. The van der Waals surface area contributed by atoms with Crippen molar-refractivity contribution in [3.8, 4) is 11.4 Å². The Morgan fingerprint density at radius 2 is 2.14 bits per heavy atom.